The highest BCUT2D eigenvalue weighted by Crippen LogP contribution is 2.24. The van der Waals surface area contributed by atoms with Crippen LogP contribution < -0.4 is 4.74 Å². The van der Waals surface area contributed by atoms with E-state index in [-0.39, 0.29) is 5.78 Å². The molecule has 0 bridgehead atoms. The van der Waals surface area contributed by atoms with Crippen LogP contribution in [0.2, 0.25) is 10.0 Å². The summed E-state index contributed by atoms with van der Waals surface area (Å²) in [6.07, 6.45) is 0. The molecule has 2 aromatic carbocycles. The first-order valence-electron chi connectivity index (χ1n) is 5.75. The zero-order valence-electron chi connectivity index (χ0n) is 10.5. The van der Waals surface area contributed by atoms with Crippen LogP contribution in [0.5, 0.6) is 5.75 Å². The highest BCUT2D eigenvalue weighted by molar-refractivity contribution is 6.36. The lowest BCUT2D eigenvalue weighted by Gasteiger charge is -2.06. The van der Waals surface area contributed by atoms with Crippen molar-refractivity contribution in [3.63, 3.8) is 0 Å². The Labute approximate surface area is 126 Å². The third-order valence-electron chi connectivity index (χ3n) is 2.55. The molecule has 2 rings (SSSR count). The van der Waals surface area contributed by atoms with Gasteiger partial charge < -0.3 is 4.74 Å². The van der Waals surface area contributed by atoms with Gasteiger partial charge in [0.2, 0.25) is 0 Å². The number of hydrogen-bond donors (Lipinski definition) is 0. The van der Waals surface area contributed by atoms with Gasteiger partial charge in [0.05, 0.1) is 5.02 Å². The molecule has 0 N–H and O–H groups in total. The second kappa shape index (κ2) is 6.07. The number of benzene rings is 2. The Morgan fingerprint density at radius 2 is 1.65 bits per heavy atom. The normalized spacial score (nSPS) is 10.2. The smallest absolute Gasteiger partial charge is 0.308 e. The molecule has 0 atom stereocenters. The van der Waals surface area contributed by atoms with E-state index in [9.17, 15) is 9.59 Å². The maximum absolute atomic E-state index is 12.3. The van der Waals surface area contributed by atoms with Crippen LogP contribution in [0.1, 0.15) is 22.8 Å². The van der Waals surface area contributed by atoms with Crippen molar-refractivity contribution < 1.29 is 14.3 Å². The number of carbonyl (C=O) groups is 2. The first-order valence-corrected chi connectivity index (χ1v) is 6.51. The van der Waals surface area contributed by atoms with E-state index < -0.39 is 5.97 Å². The van der Waals surface area contributed by atoms with Crippen LogP contribution in [-0.4, -0.2) is 11.8 Å². The van der Waals surface area contributed by atoms with Crippen LogP contribution in [0.15, 0.2) is 42.5 Å². The summed E-state index contributed by atoms with van der Waals surface area (Å²) >= 11 is 11.9. The minimum absolute atomic E-state index is 0.244. The number of halogens is 2. The van der Waals surface area contributed by atoms with Crippen molar-refractivity contribution in [2.24, 2.45) is 0 Å². The molecule has 0 saturated heterocycles. The zero-order valence-corrected chi connectivity index (χ0v) is 12.0. The predicted octanol–water partition coefficient (Wildman–Crippen LogP) is 4.15. The number of rotatable bonds is 3. The van der Waals surface area contributed by atoms with Crippen molar-refractivity contribution in [3.8, 4) is 5.75 Å². The molecule has 20 heavy (non-hydrogen) atoms. The van der Waals surface area contributed by atoms with Crippen molar-refractivity contribution in [2.45, 2.75) is 6.92 Å². The summed E-state index contributed by atoms with van der Waals surface area (Å²) in [5.74, 6) is -0.278. The summed E-state index contributed by atoms with van der Waals surface area (Å²) in [4.78, 5) is 23.1. The molecule has 0 amide bonds. The Bertz CT molecular complexity index is 663. The Morgan fingerprint density at radius 1 is 1.00 bits per heavy atom. The zero-order chi connectivity index (χ0) is 14.7. The fourth-order valence-corrected chi connectivity index (χ4v) is 2.04. The van der Waals surface area contributed by atoms with Gasteiger partial charge in [-0.3, -0.25) is 9.59 Å². The van der Waals surface area contributed by atoms with Gasteiger partial charge in [-0.2, -0.15) is 0 Å². The molecule has 0 saturated carbocycles. The Balaban J connectivity index is 2.29. The van der Waals surface area contributed by atoms with Crippen molar-refractivity contribution >= 4 is 35.0 Å². The average molecular weight is 309 g/mol. The third-order valence-corrected chi connectivity index (χ3v) is 3.12. The number of ketones is 1. The van der Waals surface area contributed by atoms with Crippen molar-refractivity contribution in [1.82, 2.24) is 0 Å². The van der Waals surface area contributed by atoms with Gasteiger partial charge in [-0.25, -0.2) is 0 Å². The van der Waals surface area contributed by atoms with Crippen LogP contribution in [0.25, 0.3) is 0 Å². The molecule has 0 aliphatic carbocycles. The summed E-state index contributed by atoms with van der Waals surface area (Å²) < 4.78 is 4.90. The topological polar surface area (TPSA) is 43.4 Å². The van der Waals surface area contributed by atoms with E-state index in [1.807, 2.05) is 0 Å². The molecule has 0 heterocycles. The van der Waals surface area contributed by atoms with E-state index in [0.29, 0.717) is 26.9 Å². The molecule has 102 valence electrons. The van der Waals surface area contributed by atoms with Gasteiger partial charge in [0.15, 0.2) is 5.78 Å². The van der Waals surface area contributed by atoms with Crippen LogP contribution >= 0.6 is 23.2 Å². The first-order chi connectivity index (χ1) is 9.47. The summed E-state index contributed by atoms with van der Waals surface area (Å²) in [6, 6.07) is 10.9. The molecule has 0 radical (unpaired) electrons. The lowest BCUT2D eigenvalue weighted by atomic mass is 10.0. The minimum Gasteiger partial charge on any atom is -0.427 e. The van der Waals surface area contributed by atoms with Gasteiger partial charge in [-0.15, -0.1) is 0 Å². The van der Waals surface area contributed by atoms with E-state index in [2.05, 4.69) is 0 Å². The molecule has 0 spiro atoms. The molecule has 0 aliphatic heterocycles. The quantitative estimate of drug-likeness (QED) is 0.486. The van der Waals surface area contributed by atoms with Crippen molar-refractivity contribution in [1.29, 1.82) is 0 Å². The van der Waals surface area contributed by atoms with E-state index >= 15 is 0 Å². The highest BCUT2D eigenvalue weighted by atomic mass is 35.5. The Morgan fingerprint density at radius 3 is 2.25 bits per heavy atom. The Hall–Kier alpha value is -1.84. The van der Waals surface area contributed by atoms with Crippen molar-refractivity contribution in [3.05, 3.63) is 63.6 Å². The molecular weight excluding hydrogens is 299 g/mol. The number of carbonyl (C=O) groups excluding carboxylic acids is 2. The summed E-state index contributed by atoms with van der Waals surface area (Å²) in [5, 5.41) is 0.776. The first kappa shape index (κ1) is 14.6. The standard InChI is InChI=1S/C15H10Cl2O3/c1-9(18)20-12-5-2-10(3-6-12)15(19)13-8-11(16)4-7-14(13)17/h2-8H,1H3. The second-order valence-electron chi connectivity index (χ2n) is 4.07. The lowest BCUT2D eigenvalue weighted by Crippen LogP contribution is -2.04. The maximum atomic E-state index is 12.3. The highest BCUT2D eigenvalue weighted by Gasteiger charge is 2.13. The molecule has 3 nitrogen and oxygen atoms in total. The number of hydrogen-bond acceptors (Lipinski definition) is 3. The predicted molar refractivity (Wildman–Crippen MR) is 77.6 cm³/mol. The molecule has 2 aromatic rings. The SMILES string of the molecule is CC(=O)Oc1ccc(C(=O)c2cc(Cl)ccc2Cl)cc1. The molecule has 0 aliphatic rings. The average Bonchev–Trinajstić information content (AvgIpc) is 2.41. The third kappa shape index (κ3) is 3.38. The molecule has 0 unspecified atom stereocenters. The van der Waals surface area contributed by atoms with Crippen LogP contribution in [0.3, 0.4) is 0 Å². The van der Waals surface area contributed by atoms with Crippen molar-refractivity contribution in [2.75, 3.05) is 0 Å². The summed E-state index contributed by atoms with van der Waals surface area (Å²) in [5.41, 5.74) is 0.768. The van der Waals surface area contributed by atoms with Crippen LogP contribution in [0, 0.1) is 0 Å². The fraction of sp³-hybridized carbons (Fsp3) is 0.0667. The summed E-state index contributed by atoms with van der Waals surface area (Å²) in [7, 11) is 0. The largest absolute Gasteiger partial charge is 0.427 e. The van der Waals surface area contributed by atoms with Gasteiger partial charge in [0.1, 0.15) is 5.75 Å². The second-order valence-corrected chi connectivity index (χ2v) is 4.91. The molecule has 0 fully saturated rings. The van der Waals surface area contributed by atoms with Gasteiger partial charge in [0, 0.05) is 23.1 Å². The van der Waals surface area contributed by atoms with E-state index in [1.165, 1.54) is 13.0 Å². The van der Waals surface area contributed by atoms with E-state index in [4.69, 9.17) is 27.9 Å². The monoisotopic (exact) mass is 308 g/mol. The number of ether oxygens (including phenoxy) is 1. The van der Waals surface area contributed by atoms with Crippen LogP contribution in [0.4, 0.5) is 0 Å². The molecular formula is C15H10Cl2O3. The molecule has 0 aromatic heterocycles. The summed E-state index contributed by atoms with van der Waals surface area (Å²) in [6.45, 7) is 1.31. The van der Waals surface area contributed by atoms with Gasteiger partial charge >= 0.3 is 5.97 Å². The fourth-order valence-electron chi connectivity index (χ4n) is 1.67. The Kier molecular flexibility index (Phi) is 4.42. The molecule has 5 heteroatoms. The minimum atomic E-state index is -0.415. The van der Waals surface area contributed by atoms with Crippen LogP contribution in [-0.2, 0) is 4.79 Å². The van der Waals surface area contributed by atoms with Gasteiger partial charge in [-0.1, -0.05) is 23.2 Å². The maximum Gasteiger partial charge on any atom is 0.308 e. The van der Waals surface area contributed by atoms with E-state index in [0.717, 1.165) is 0 Å². The number of esters is 1. The van der Waals surface area contributed by atoms with Gasteiger partial charge in [-0.05, 0) is 42.5 Å². The van der Waals surface area contributed by atoms with Gasteiger partial charge in [0.25, 0.3) is 0 Å². The lowest BCUT2D eigenvalue weighted by molar-refractivity contribution is -0.131. The van der Waals surface area contributed by atoms with E-state index in [1.54, 1.807) is 36.4 Å².